The predicted octanol–water partition coefficient (Wildman–Crippen LogP) is 0.715. The summed E-state index contributed by atoms with van der Waals surface area (Å²) >= 11 is 0. The van der Waals surface area contributed by atoms with Crippen LogP contribution in [0, 0.1) is 5.82 Å². The maximum Gasteiger partial charge on any atom is 0.231 e. The van der Waals surface area contributed by atoms with E-state index in [0.29, 0.717) is 30.1 Å². The molecule has 0 aliphatic carbocycles. The van der Waals surface area contributed by atoms with Crippen molar-refractivity contribution >= 4 is 11.6 Å². The molecule has 5 heterocycles. The van der Waals surface area contributed by atoms with Gasteiger partial charge < -0.3 is 39.3 Å². The Morgan fingerprint density at radius 3 is 2.63 bits per heavy atom. The lowest BCUT2D eigenvalue weighted by atomic mass is 9.91. The fraction of sp³-hybridized carbons (Fsp3) is 0.464. The number of rotatable bonds is 6. The van der Waals surface area contributed by atoms with Crippen LogP contribution in [-0.2, 0) is 9.53 Å². The van der Waals surface area contributed by atoms with E-state index in [9.17, 15) is 24.5 Å². The summed E-state index contributed by atoms with van der Waals surface area (Å²) in [7, 11) is 0. The van der Waals surface area contributed by atoms with E-state index in [1.54, 1.807) is 12.1 Å². The van der Waals surface area contributed by atoms with Gasteiger partial charge in [-0.3, -0.25) is 4.79 Å². The zero-order valence-corrected chi connectivity index (χ0v) is 22.0. The number of carbonyl (C=O) groups is 1. The highest BCUT2D eigenvalue weighted by Crippen LogP contribution is 2.41. The van der Waals surface area contributed by atoms with Crippen LogP contribution in [0.3, 0.4) is 0 Å². The lowest BCUT2D eigenvalue weighted by molar-refractivity contribution is -0.208. The van der Waals surface area contributed by atoms with Crippen molar-refractivity contribution in [3.63, 3.8) is 0 Å². The minimum atomic E-state index is -1.32. The highest BCUT2D eigenvalue weighted by Gasteiger charge is 2.49. The number of ether oxygens (including phenoxy) is 3. The average molecular weight is 568 g/mol. The van der Waals surface area contributed by atoms with Crippen LogP contribution in [0.4, 0.5) is 10.1 Å². The van der Waals surface area contributed by atoms with E-state index in [1.807, 2.05) is 23.1 Å². The molecule has 12 nitrogen and oxygen atoms in total. The summed E-state index contributed by atoms with van der Waals surface area (Å²) < 4.78 is 31.8. The number of anilines is 1. The molecular formula is C28H30FN5O7. The molecule has 4 aliphatic heterocycles. The number of fused-ring (bicyclic) bond motifs is 3. The quantitative estimate of drug-likeness (QED) is 0.390. The van der Waals surface area contributed by atoms with E-state index in [4.69, 9.17) is 14.2 Å². The molecule has 2 aromatic carbocycles. The maximum atomic E-state index is 13.7. The van der Waals surface area contributed by atoms with Crippen LogP contribution < -0.4 is 14.4 Å². The standard InChI is InChI=1S/C28H30FN5O7/c29-16-3-1-2-15(6-16)20-12-34(31-30-20)26-27(37)23(41-24(13-35)28(26)38)9-25(36)33-11-18-7-19(33)10-32(18)17-4-5-21-22(8-17)40-14-39-21/h1-6,8,12,18-19,23-24,26-28,35,37-38H,7,9-11,13-14H2/t18-,19-,23-,24+,26+,27-,28-/m0/s1. The molecular weight excluding hydrogens is 537 g/mol. The summed E-state index contributed by atoms with van der Waals surface area (Å²) in [6.07, 6.45) is -2.46. The second kappa shape index (κ2) is 10.2. The summed E-state index contributed by atoms with van der Waals surface area (Å²) in [5.41, 5.74) is 1.85. The van der Waals surface area contributed by atoms with Gasteiger partial charge in [-0.2, -0.15) is 0 Å². The van der Waals surface area contributed by atoms with E-state index in [2.05, 4.69) is 15.2 Å². The van der Waals surface area contributed by atoms with Gasteiger partial charge in [0.05, 0.1) is 31.4 Å². The fourth-order valence-corrected chi connectivity index (χ4v) is 6.50. The highest BCUT2D eigenvalue weighted by molar-refractivity contribution is 5.78. The molecule has 1 amide bonds. The molecule has 3 saturated heterocycles. The molecule has 3 N–H and O–H groups in total. The van der Waals surface area contributed by atoms with Gasteiger partial charge in [0, 0.05) is 36.4 Å². The SMILES string of the molecule is O=C(C[C@@H]1O[C@H](CO)[C@H](O)[C@H](n2cc(-c3cccc(F)c3)nn2)[C@H]1O)N1C[C@@H]2C[C@H]1CN2c1ccc2c(c1)OCO2. The van der Waals surface area contributed by atoms with Crippen LogP contribution in [-0.4, -0.2) is 104 Å². The largest absolute Gasteiger partial charge is 0.454 e. The number of amides is 1. The summed E-state index contributed by atoms with van der Waals surface area (Å²) in [6.45, 7) is 0.907. The van der Waals surface area contributed by atoms with Crippen molar-refractivity contribution in [3.8, 4) is 22.8 Å². The van der Waals surface area contributed by atoms with Crippen molar-refractivity contribution in [2.24, 2.45) is 0 Å². The minimum Gasteiger partial charge on any atom is -0.454 e. The van der Waals surface area contributed by atoms with Crippen molar-refractivity contribution in [3.05, 3.63) is 54.5 Å². The lowest BCUT2D eigenvalue weighted by Crippen LogP contribution is -2.57. The molecule has 13 heteroatoms. The summed E-state index contributed by atoms with van der Waals surface area (Å²) in [4.78, 5) is 17.6. The van der Waals surface area contributed by atoms with Crippen LogP contribution in [0.1, 0.15) is 18.9 Å². The number of hydrogen-bond acceptors (Lipinski definition) is 10. The Morgan fingerprint density at radius 2 is 1.85 bits per heavy atom. The van der Waals surface area contributed by atoms with Gasteiger partial charge in [0.15, 0.2) is 11.5 Å². The molecule has 41 heavy (non-hydrogen) atoms. The predicted molar refractivity (Wildman–Crippen MR) is 141 cm³/mol. The molecule has 7 rings (SSSR count). The molecule has 1 aromatic heterocycles. The number of piperazine rings is 1. The van der Waals surface area contributed by atoms with Crippen LogP contribution in [0.5, 0.6) is 11.5 Å². The van der Waals surface area contributed by atoms with E-state index >= 15 is 0 Å². The number of aliphatic hydroxyl groups is 3. The summed E-state index contributed by atoms with van der Waals surface area (Å²) in [6, 6.07) is 10.8. The first-order valence-corrected chi connectivity index (χ1v) is 13.7. The number of hydrogen-bond donors (Lipinski definition) is 3. The molecule has 0 unspecified atom stereocenters. The van der Waals surface area contributed by atoms with Gasteiger partial charge in [-0.05, 0) is 30.7 Å². The van der Waals surface area contributed by atoms with Gasteiger partial charge in [-0.25, -0.2) is 9.07 Å². The molecule has 2 bridgehead atoms. The topological polar surface area (TPSA) is 143 Å². The molecule has 3 aromatic rings. The zero-order valence-electron chi connectivity index (χ0n) is 22.0. The normalized spacial score (nSPS) is 30.3. The molecule has 216 valence electrons. The van der Waals surface area contributed by atoms with Crippen LogP contribution >= 0.6 is 0 Å². The van der Waals surface area contributed by atoms with E-state index < -0.39 is 42.9 Å². The van der Waals surface area contributed by atoms with Crippen LogP contribution in [0.25, 0.3) is 11.3 Å². The third-order valence-corrected chi connectivity index (χ3v) is 8.55. The number of benzene rings is 2. The Hall–Kier alpha value is -3.78. The number of carbonyl (C=O) groups excluding carboxylic acids is 1. The van der Waals surface area contributed by atoms with Crippen molar-refractivity contribution < 1.29 is 38.7 Å². The van der Waals surface area contributed by atoms with Gasteiger partial charge in [-0.1, -0.05) is 17.3 Å². The number of halogens is 1. The molecule has 4 aliphatic rings. The molecule has 0 spiro atoms. The molecule has 0 saturated carbocycles. The highest BCUT2D eigenvalue weighted by atomic mass is 19.1. The van der Waals surface area contributed by atoms with E-state index in [-0.39, 0.29) is 31.2 Å². The Labute approximate surface area is 234 Å². The van der Waals surface area contributed by atoms with Gasteiger partial charge in [0.1, 0.15) is 35.9 Å². The summed E-state index contributed by atoms with van der Waals surface area (Å²) in [5, 5.41) is 40.2. The second-order valence-electron chi connectivity index (χ2n) is 10.9. The number of likely N-dealkylation sites (tertiary alicyclic amines) is 1. The van der Waals surface area contributed by atoms with Gasteiger partial charge in [-0.15, -0.1) is 5.10 Å². The van der Waals surface area contributed by atoms with Crippen LogP contribution in [0.2, 0.25) is 0 Å². The smallest absolute Gasteiger partial charge is 0.231 e. The third kappa shape index (κ3) is 4.58. The van der Waals surface area contributed by atoms with E-state index in [0.717, 1.165) is 17.9 Å². The number of aromatic nitrogens is 3. The average Bonchev–Trinajstić information content (AvgIpc) is 3.78. The maximum absolute atomic E-state index is 13.7. The van der Waals surface area contributed by atoms with Gasteiger partial charge in [0.2, 0.25) is 12.7 Å². The van der Waals surface area contributed by atoms with Gasteiger partial charge in [0.25, 0.3) is 0 Å². The Kier molecular flexibility index (Phi) is 6.53. The van der Waals surface area contributed by atoms with Crippen molar-refractivity contribution in [2.45, 2.75) is 55.4 Å². The number of aliphatic hydroxyl groups excluding tert-OH is 3. The van der Waals surface area contributed by atoms with E-state index in [1.165, 1.54) is 23.0 Å². The Morgan fingerprint density at radius 1 is 1.02 bits per heavy atom. The Balaban J connectivity index is 1.04. The molecule has 7 atom stereocenters. The minimum absolute atomic E-state index is 0.0119. The van der Waals surface area contributed by atoms with Crippen molar-refractivity contribution in [1.82, 2.24) is 19.9 Å². The molecule has 3 fully saturated rings. The second-order valence-corrected chi connectivity index (χ2v) is 10.9. The first-order chi connectivity index (χ1) is 19.9. The first kappa shape index (κ1) is 26.1. The van der Waals surface area contributed by atoms with Crippen molar-refractivity contribution in [2.75, 3.05) is 31.4 Å². The monoisotopic (exact) mass is 567 g/mol. The molecule has 0 radical (unpaired) electrons. The van der Waals surface area contributed by atoms with Crippen LogP contribution in [0.15, 0.2) is 48.7 Å². The Bertz CT molecular complexity index is 1450. The summed E-state index contributed by atoms with van der Waals surface area (Å²) in [5.74, 6) is 0.836. The fourth-order valence-electron chi connectivity index (χ4n) is 6.50. The zero-order chi connectivity index (χ0) is 28.2. The van der Waals surface area contributed by atoms with Crippen molar-refractivity contribution in [1.29, 1.82) is 0 Å². The lowest BCUT2D eigenvalue weighted by Gasteiger charge is -2.43. The first-order valence-electron chi connectivity index (χ1n) is 13.7. The third-order valence-electron chi connectivity index (χ3n) is 8.55. The number of nitrogens with zero attached hydrogens (tertiary/aromatic N) is 5. The van der Waals surface area contributed by atoms with Gasteiger partial charge >= 0.3 is 0 Å².